The summed E-state index contributed by atoms with van der Waals surface area (Å²) in [6.07, 6.45) is 1.79. The fourth-order valence-electron chi connectivity index (χ4n) is 3.13. The SMILES string of the molecule is Cc1c(CNC(=O)N2CC(C)(C)c3c(Cl)cccc32)cnn1C. The molecule has 0 fully saturated rings. The second-order valence-corrected chi connectivity index (χ2v) is 7.05. The molecule has 0 saturated carbocycles. The summed E-state index contributed by atoms with van der Waals surface area (Å²) in [7, 11) is 1.89. The number of carbonyl (C=O) groups is 1. The topological polar surface area (TPSA) is 50.2 Å². The molecule has 2 amide bonds. The van der Waals surface area contributed by atoms with Gasteiger partial charge in [0, 0.05) is 47.4 Å². The number of hydrogen-bond donors (Lipinski definition) is 1. The van der Waals surface area contributed by atoms with E-state index in [1.165, 1.54) is 0 Å². The molecule has 6 heteroatoms. The van der Waals surface area contributed by atoms with Gasteiger partial charge in [-0.3, -0.25) is 9.58 Å². The summed E-state index contributed by atoms with van der Waals surface area (Å²) in [6, 6.07) is 5.60. The number of carbonyl (C=O) groups excluding carboxylic acids is 1. The lowest BCUT2D eigenvalue weighted by atomic mass is 9.87. The van der Waals surface area contributed by atoms with Gasteiger partial charge in [0.1, 0.15) is 0 Å². The number of nitrogens with zero attached hydrogens (tertiary/aromatic N) is 3. The van der Waals surface area contributed by atoms with Crippen LogP contribution in [0.2, 0.25) is 5.02 Å². The maximum absolute atomic E-state index is 12.6. The van der Waals surface area contributed by atoms with Crippen LogP contribution >= 0.6 is 11.6 Å². The zero-order valence-corrected chi connectivity index (χ0v) is 14.6. The molecule has 0 radical (unpaired) electrons. The van der Waals surface area contributed by atoms with Gasteiger partial charge >= 0.3 is 6.03 Å². The van der Waals surface area contributed by atoms with Gasteiger partial charge in [0.15, 0.2) is 0 Å². The van der Waals surface area contributed by atoms with Crippen molar-refractivity contribution < 1.29 is 4.79 Å². The van der Waals surface area contributed by atoms with E-state index in [1.807, 2.05) is 32.2 Å². The molecule has 3 rings (SSSR count). The maximum Gasteiger partial charge on any atom is 0.322 e. The molecule has 2 aromatic rings. The predicted octanol–water partition coefficient (Wildman–Crippen LogP) is 3.39. The van der Waals surface area contributed by atoms with Crippen molar-refractivity contribution in [1.29, 1.82) is 0 Å². The van der Waals surface area contributed by atoms with Crippen LogP contribution in [0.3, 0.4) is 0 Å². The van der Waals surface area contributed by atoms with Crippen molar-refractivity contribution >= 4 is 23.3 Å². The van der Waals surface area contributed by atoms with E-state index in [0.717, 1.165) is 22.5 Å². The number of aromatic nitrogens is 2. The lowest BCUT2D eigenvalue weighted by Crippen LogP contribution is -2.41. The Labute approximate surface area is 141 Å². The summed E-state index contributed by atoms with van der Waals surface area (Å²) in [5, 5.41) is 7.89. The molecule has 0 spiro atoms. The van der Waals surface area contributed by atoms with Gasteiger partial charge in [-0.1, -0.05) is 31.5 Å². The summed E-state index contributed by atoms with van der Waals surface area (Å²) >= 11 is 6.35. The molecule has 0 bridgehead atoms. The van der Waals surface area contributed by atoms with Crippen molar-refractivity contribution in [3.63, 3.8) is 0 Å². The number of nitrogens with one attached hydrogen (secondary N) is 1. The number of benzene rings is 1. The third kappa shape index (κ3) is 2.70. The highest BCUT2D eigenvalue weighted by Crippen LogP contribution is 2.44. The van der Waals surface area contributed by atoms with Crippen molar-refractivity contribution in [2.24, 2.45) is 7.05 Å². The van der Waals surface area contributed by atoms with Crippen LogP contribution in [-0.2, 0) is 19.0 Å². The van der Waals surface area contributed by atoms with Crippen LogP contribution in [0.1, 0.15) is 30.7 Å². The van der Waals surface area contributed by atoms with Crippen molar-refractivity contribution in [2.75, 3.05) is 11.4 Å². The third-order valence-electron chi connectivity index (χ3n) is 4.52. The maximum atomic E-state index is 12.6. The van der Waals surface area contributed by atoms with Crippen LogP contribution in [0.25, 0.3) is 0 Å². The first-order valence-corrected chi connectivity index (χ1v) is 8.01. The first-order valence-electron chi connectivity index (χ1n) is 7.63. The summed E-state index contributed by atoms with van der Waals surface area (Å²) in [4.78, 5) is 14.4. The first kappa shape index (κ1) is 15.9. The van der Waals surface area contributed by atoms with E-state index in [2.05, 4.69) is 24.3 Å². The van der Waals surface area contributed by atoms with Gasteiger partial charge in [0.2, 0.25) is 0 Å². The number of aryl methyl sites for hydroxylation is 1. The van der Waals surface area contributed by atoms with Crippen LogP contribution in [-0.4, -0.2) is 22.4 Å². The second-order valence-electron chi connectivity index (χ2n) is 6.64. The lowest BCUT2D eigenvalue weighted by Gasteiger charge is -2.21. The summed E-state index contributed by atoms with van der Waals surface area (Å²) in [5.41, 5.74) is 3.84. The highest BCUT2D eigenvalue weighted by atomic mass is 35.5. The Bertz CT molecular complexity index is 766. The average Bonchev–Trinajstić information content (AvgIpc) is 2.96. The molecule has 2 heterocycles. The minimum Gasteiger partial charge on any atom is -0.333 e. The highest BCUT2D eigenvalue weighted by molar-refractivity contribution is 6.32. The van der Waals surface area contributed by atoms with Gasteiger partial charge in [-0.2, -0.15) is 5.10 Å². The van der Waals surface area contributed by atoms with Crippen LogP contribution < -0.4 is 10.2 Å². The van der Waals surface area contributed by atoms with Gasteiger partial charge in [-0.05, 0) is 19.1 Å². The van der Waals surface area contributed by atoms with Crippen LogP contribution in [0.4, 0.5) is 10.5 Å². The van der Waals surface area contributed by atoms with Crippen LogP contribution in [0, 0.1) is 6.92 Å². The predicted molar refractivity (Wildman–Crippen MR) is 92.0 cm³/mol. The second kappa shape index (κ2) is 5.57. The third-order valence-corrected chi connectivity index (χ3v) is 4.84. The van der Waals surface area contributed by atoms with E-state index in [1.54, 1.807) is 15.8 Å². The molecule has 0 aliphatic carbocycles. The lowest BCUT2D eigenvalue weighted by molar-refractivity contribution is 0.245. The number of halogens is 1. The van der Waals surface area contributed by atoms with Gasteiger partial charge in [0.05, 0.1) is 11.9 Å². The Balaban J connectivity index is 1.80. The van der Waals surface area contributed by atoms with Gasteiger partial charge in [0.25, 0.3) is 0 Å². The highest BCUT2D eigenvalue weighted by Gasteiger charge is 2.39. The van der Waals surface area contributed by atoms with Crippen LogP contribution in [0.5, 0.6) is 0 Å². The Hall–Kier alpha value is -2.01. The number of amides is 2. The monoisotopic (exact) mass is 332 g/mol. The standard InChI is InChI=1S/C17H21ClN4O/c1-11-12(9-20-21(11)4)8-19-16(23)22-10-17(2,3)15-13(18)6-5-7-14(15)22/h5-7,9H,8,10H2,1-4H3,(H,19,23). The number of hydrogen-bond acceptors (Lipinski definition) is 2. The Morgan fingerprint density at radius 3 is 2.83 bits per heavy atom. The van der Waals surface area contributed by atoms with Crippen LogP contribution in [0.15, 0.2) is 24.4 Å². The number of rotatable bonds is 2. The molecule has 1 aliphatic rings. The van der Waals surface area contributed by atoms with Crippen molar-refractivity contribution in [2.45, 2.75) is 32.7 Å². The summed E-state index contributed by atoms with van der Waals surface area (Å²) in [5.74, 6) is 0. The molecule has 1 aromatic carbocycles. The quantitative estimate of drug-likeness (QED) is 0.916. The van der Waals surface area contributed by atoms with Crippen molar-refractivity contribution in [3.8, 4) is 0 Å². The number of urea groups is 1. The molecule has 1 aliphatic heterocycles. The average molecular weight is 333 g/mol. The van der Waals surface area contributed by atoms with E-state index in [0.29, 0.717) is 18.1 Å². The smallest absolute Gasteiger partial charge is 0.322 e. The normalized spacial score (nSPS) is 15.6. The van der Waals surface area contributed by atoms with E-state index < -0.39 is 0 Å². The Kier molecular flexibility index (Phi) is 3.84. The summed E-state index contributed by atoms with van der Waals surface area (Å²) in [6.45, 7) is 7.28. The Morgan fingerprint density at radius 2 is 2.17 bits per heavy atom. The molecule has 0 saturated heterocycles. The molecular formula is C17H21ClN4O. The fourth-order valence-corrected chi connectivity index (χ4v) is 3.56. The number of fused-ring (bicyclic) bond motifs is 1. The molecule has 23 heavy (non-hydrogen) atoms. The Morgan fingerprint density at radius 1 is 1.43 bits per heavy atom. The zero-order valence-electron chi connectivity index (χ0n) is 13.9. The van der Waals surface area contributed by atoms with E-state index in [4.69, 9.17) is 11.6 Å². The minimum atomic E-state index is -0.158. The number of anilines is 1. The van der Waals surface area contributed by atoms with Crippen molar-refractivity contribution in [3.05, 3.63) is 46.2 Å². The molecule has 122 valence electrons. The van der Waals surface area contributed by atoms with Crippen molar-refractivity contribution in [1.82, 2.24) is 15.1 Å². The zero-order chi connectivity index (χ0) is 16.8. The minimum absolute atomic E-state index is 0.109. The molecule has 1 N–H and O–H groups in total. The van der Waals surface area contributed by atoms with Gasteiger partial charge in [-0.25, -0.2) is 4.79 Å². The molecule has 0 atom stereocenters. The largest absolute Gasteiger partial charge is 0.333 e. The molecule has 0 unspecified atom stereocenters. The van der Waals surface area contributed by atoms with Gasteiger partial charge in [-0.15, -0.1) is 0 Å². The fraction of sp³-hybridized carbons (Fsp3) is 0.412. The molecule has 5 nitrogen and oxygen atoms in total. The van der Waals surface area contributed by atoms with Gasteiger partial charge < -0.3 is 5.32 Å². The first-order chi connectivity index (χ1) is 10.8. The summed E-state index contributed by atoms with van der Waals surface area (Å²) < 4.78 is 1.80. The molecule has 1 aromatic heterocycles. The molecular weight excluding hydrogens is 312 g/mol. The van der Waals surface area contributed by atoms with E-state index in [-0.39, 0.29) is 11.4 Å². The van der Waals surface area contributed by atoms with E-state index in [9.17, 15) is 4.79 Å². The van der Waals surface area contributed by atoms with E-state index >= 15 is 0 Å².